The molecule has 0 radical (unpaired) electrons. The average molecular weight is 383 g/mol. The van der Waals surface area contributed by atoms with E-state index in [4.69, 9.17) is 4.74 Å². The van der Waals surface area contributed by atoms with Crippen LogP contribution in [0.5, 0.6) is 0 Å². The van der Waals surface area contributed by atoms with Crippen molar-refractivity contribution in [2.24, 2.45) is 5.92 Å². The molecule has 2 aliphatic rings. The van der Waals surface area contributed by atoms with E-state index in [1.54, 1.807) is 4.90 Å². The van der Waals surface area contributed by atoms with Crippen molar-refractivity contribution >= 4 is 17.9 Å². The second-order valence-electron chi connectivity index (χ2n) is 8.30. The number of amides is 3. The van der Waals surface area contributed by atoms with E-state index in [1.165, 1.54) is 0 Å². The van der Waals surface area contributed by atoms with E-state index >= 15 is 0 Å². The molecule has 1 N–H and O–H groups in total. The molecule has 0 spiro atoms. The fraction of sp³-hybridized carbons (Fsp3) is 0.842. The summed E-state index contributed by atoms with van der Waals surface area (Å²) in [4.78, 5) is 42.3. The van der Waals surface area contributed by atoms with Crippen molar-refractivity contribution in [1.29, 1.82) is 0 Å². The highest BCUT2D eigenvalue weighted by Gasteiger charge is 2.33. The van der Waals surface area contributed by atoms with Crippen molar-refractivity contribution in [3.8, 4) is 0 Å². The van der Waals surface area contributed by atoms with E-state index in [9.17, 15) is 14.4 Å². The fourth-order valence-corrected chi connectivity index (χ4v) is 3.48. The highest BCUT2D eigenvalue weighted by atomic mass is 16.6. The van der Waals surface area contributed by atoms with Crippen molar-refractivity contribution in [3.63, 3.8) is 0 Å². The molecule has 8 nitrogen and oxygen atoms in total. The molecule has 154 valence electrons. The second-order valence-corrected chi connectivity index (χ2v) is 8.30. The molecule has 2 fully saturated rings. The zero-order valence-electron chi connectivity index (χ0n) is 17.1. The maximum absolute atomic E-state index is 12.8. The van der Waals surface area contributed by atoms with Gasteiger partial charge in [-0.2, -0.15) is 0 Å². The third-order valence-corrected chi connectivity index (χ3v) is 4.92. The van der Waals surface area contributed by atoms with Gasteiger partial charge in [0, 0.05) is 51.7 Å². The first kappa shape index (κ1) is 21.5. The number of hydrogen-bond acceptors (Lipinski definition) is 5. The van der Waals surface area contributed by atoms with Crippen molar-refractivity contribution in [2.45, 2.75) is 46.1 Å². The van der Waals surface area contributed by atoms with E-state index < -0.39 is 5.60 Å². The van der Waals surface area contributed by atoms with Crippen molar-refractivity contribution in [2.75, 3.05) is 52.4 Å². The Bertz CT molecular complexity index is 530. The Labute approximate surface area is 162 Å². The van der Waals surface area contributed by atoms with Gasteiger partial charge in [-0.05, 0) is 40.5 Å². The lowest BCUT2D eigenvalue weighted by atomic mass is 9.95. The lowest BCUT2D eigenvalue weighted by molar-refractivity contribution is -0.139. The van der Waals surface area contributed by atoms with Crippen LogP contribution in [0.3, 0.4) is 0 Å². The Morgan fingerprint density at radius 3 is 2.07 bits per heavy atom. The number of piperazine rings is 1. The zero-order valence-corrected chi connectivity index (χ0v) is 17.1. The minimum Gasteiger partial charge on any atom is -0.444 e. The summed E-state index contributed by atoms with van der Waals surface area (Å²) in [7, 11) is 0. The molecule has 0 saturated carbocycles. The number of rotatable bonds is 4. The third kappa shape index (κ3) is 6.68. The molecule has 0 aromatic carbocycles. The number of ether oxygens (including phenoxy) is 1. The first-order valence-electron chi connectivity index (χ1n) is 9.95. The van der Waals surface area contributed by atoms with E-state index in [0.29, 0.717) is 52.1 Å². The molecule has 27 heavy (non-hydrogen) atoms. The molecule has 0 atom stereocenters. The Morgan fingerprint density at radius 1 is 0.963 bits per heavy atom. The lowest BCUT2D eigenvalue weighted by Gasteiger charge is -2.38. The van der Waals surface area contributed by atoms with Crippen LogP contribution in [0.2, 0.25) is 0 Å². The number of carbonyl (C=O) groups is 3. The third-order valence-electron chi connectivity index (χ3n) is 4.92. The van der Waals surface area contributed by atoms with Gasteiger partial charge in [-0.15, -0.1) is 0 Å². The summed E-state index contributed by atoms with van der Waals surface area (Å²) in [5, 5.41) is 2.80. The van der Waals surface area contributed by atoms with Gasteiger partial charge < -0.3 is 19.9 Å². The standard InChI is InChI=1S/C19H34N4O4/c1-5-20-16(24)14-21-10-12-22(13-11-21)17(25)15-6-8-23(9-7-15)18(26)27-19(2,3)4/h15H,5-14H2,1-4H3,(H,20,24). The highest BCUT2D eigenvalue weighted by molar-refractivity contribution is 5.80. The van der Waals surface area contributed by atoms with Gasteiger partial charge in [-0.25, -0.2) is 4.79 Å². The Balaban J connectivity index is 1.73. The van der Waals surface area contributed by atoms with Crippen molar-refractivity contribution < 1.29 is 19.1 Å². The summed E-state index contributed by atoms with van der Waals surface area (Å²) in [5.74, 6) is 0.182. The van der Waals surface area contributed by atoms with Gasteiger partial charge in [0.2, 0.25) is 11.8 Å². The number of likely N-dealkylation sites (tertiary alicyclic amines) is 1. The summed E-state index contributed by atoms with van der Waals surface area (Å²) in [6.45, 7) is 12.4. The van der Waals surface area contributed by atoms with Gasteiger partial charge in [0.05, 0.1) is 6.54 Å². The average Bonchev–Trinajstić information content (AvgIpc) is 2.60. The topological polar surface area (TPSA) is 82.2 Å². The summed E-state index contributed by atoms with van der Waals surface area (Å²) < 4.78 is 5.40. The molecule has 0 unspecified atom stereocenters. The molecule has 8 heteroatoms. The van der Waals surface area contributed by atoms with E-state index in [-0.39, 0.29) is 23.8 Å². The molecule has 2 saturated heterocycles. The van der Waals surface area contributed by atoms with Gasteiger partial charge in [0.25, 0.3) is 0 Å². The monoisotopic (exact) mass is 382 g/mol. The van der Waals surface area contributed by atoms with Crippen LogP contribution in [0, 0.1) is 5.92 Å². The summed E-state index contributed by atoms with van der Waals surface area (Å²) >= 11 is 0. The molecule has 0 bridgehead atoms. The Kier molecular flexibility index (Phi) is 7.47. The summed E-state index contributed by atoms with van der Waals surface area (Å²) in [6.07, 6.45) is 1.06. The number of likely N-dealkylation sites (N-methyl/N-ethyl adjacent to an activating group) is 1. The maximum Gasteiger partial charge on any atom is 0.410 e. The molecule has 0 aliphatic carbocycles. The highest BCUT2D eigenvalue weighted by Crippen LogP contribution is 2.22. The maximum atomic E-state index is 12.8. The van der Waals surface area contributed by atoms with Crippen LogP contribution in [-0.4, -0.2) is 90.6 Å². The molecule has 3 amide bonds. The molecule has 0 aromatic heterocycles. The largest absolute Gasteiger partial charge is 0.444 e. The predicted molar refractivity (Wildman–Crippen MR) is 102 cm³/mol. The minimum absolute atomic E-state index is 0.0290. The van der Waals surface area contributed by atoms with Gasteiger partial charge in [-0.1, -0.05) is 0 Å². The van der Waals surface area contributed by atoms with Crippen LogP contribution in [0.1, 0.15) is 40.5 Å². The van der Waals surface area contributed by atoms with Crippen LogP contribution in [-0.2, 0) is 14.3 Å². The molecular weight excluding hydrogens is 348 g/mol. The predicted octanol–water partition coefficient (Wildman–Crippen LogP) is 0.914. The fourth-order valence-electron chi connectivity index (χ4n) is 3.48. The van der Waals surface area contributed by atoms with E-state index in [0.717, 1.165) is 13.1 Å². The van der Waals surface area contributed by atoms with Gasteiger partial charge in [0.1, 0.15) is 5.60 Å². The number of carbonyl (C=O) groups excluding carboxylic acids is 3. The van der Waals surface area contributed by atoms with Gasteiger partial charge in [0.15, 0.2) is 0 Å². The molecule has 0 aromatic rings. The number of hydrogen-bond donors (Lipinski definition) is 1. The van der Waals surface area contributed by atoms with Crippen LogP contribution < -0.4 is 5.32 Å². The van der Waals surface area contributed by atoms with Crippen LogP contribution in [0.4, 0.5) is 4.79 Å². The first-order valence-corrected chi connectivity index (χ1v) is 9.95. The van der Waals surface area contributed by atoms with Crippen LogP contribution in [0.25, 0.3) is 0 Å². The van der Waals surface area contributed by atoms with Crippen molar-refractivity contribution in [1.82, 2.24) is 20.0 Å². The number of nitrogens with one attached hydrogen (secondary N) is 1. The quantitative estimate of drug-likeness (QED) is 0.782. The summed E-state index contributed by atoms with van der Waals surface area (Å²) in [5.41, 5.74) is -0.503. The van der Waals surface area contributed by atoms with Gasteiger partial charge >= 0.3 is 6.09 Å². The molecule has 2 heterocycles. The van der Waals surface area contributed by atoms with E-state index in [1.807, 2.05) is 32.6 Å². The smallest absolute Gasteiger partial charge is 0.410 e. The van der Waals surface area contributed by atoms with Gasteiger partial charge in [-0.3, -0.25) is 14.5 Å². The Morgan fingerprint density at radius 2 is 1.56 bits per heavy atom. The lowest BCUT2D eigenvalue weighted by Crippen LogP contribution is -2.53. The Hall–Kier alpha value is -1.83. The van der Waals surface area contributed by atoms with Crippen LogP contribution in [0.15, 0.2) is 0 Å². The molecule has 2 aliphatic heterocycles. The number of piperidine rings is 1. The van der Waals surface area contributed by atoms with Crippen molar-refractivity contribution in [3.05, 3.63) is 0 Å². The zero-order chi connectivity index (χ0) is 20.0. The number of nitrogens with zero attached hydrogens (tertiary/aromatic N) is 3. The SMILES string of the molecule is CCNC(=O)CN1CCN(C(=O)C2CCN(C(=O)OC(C)(C)C)CC2)CC1. The minimum atomic E-state index is -0.503. The van der Waals surface area contributed by atoms with E-state index in [2.05, 4.69) is 10.2 Å². The van der Waals surface area contributed by atoms with Crippen LogP contribution >= 0.6 is 0 Å². The molecular formula is C19H34N4O4. The second kappa shape index (κ2) is 9.39. The first-order chi connectivity index (χ1) is 12.7. The normalized spacial score (nSPS) is 19.7. The summed E-state index contributed by atoms with van der Waals surface area (Å²) in [6, 6.07) is 0. The molecule has 2 rings (SSSR count).